The molecule has 1 heterocycles. The summed E-state index contributed by atoms with van der Waals surface area (Å²) in [7, 11) is 0. The molecule has 0 aromatic heterocycles. The van der Waals surface area contributed by atoms with Gasteiger partial charge in [-0.15, -0.1) is 0 Å². The maximum Gasteiger partial charge on any atom is 0.220 e. The maximum absolute atomic E-state index is 13.1. The van der Waals surface area contributed by atoms with Gasteiger partial charge in [0.05, 0.1) is 25.4 Å². The molecule has 1 aliphatic heterocycles. The van der Waals surface area contributed by atoms with Crippen LogP contribution in [0.4, 0.5) is 0 Å². The van der Waals surface area contributed by atoms with Crippen LogP contribution in [0.3, 0.4) is 0 Å². The first kappa shape index (κ1) is 83.2. The van der Waals surface area contributed by atoms with Gasteiger partial charge in [-0.1, -0.05) is 358 Å². The fraction of sp³-hybridized carbons (Fsp3) is 0.885. The number of aliphatic hydroxyl groups is 5. The fourth-order valence-electron chi connectivity index (χ4n) is 12.4. The molecule has 0 aliphatic carbocycles. The summed E-state index contributed by atoms with van der Waals surface area (Å²) in [6, 6.07) is -0.829. The summed E-state index contributed by atoms with van der Waals surface area (Å²) in [6.45, 7) is 3.81. The van der Waals surface area contributed by atoms with Crippen LogP contribution in [0.25, 0.3) is 0 Å². The van der Waals surface area contributed by atoms with Crippen LogP contribution in [0.2, 0.25) is 0 Å². The van der Waals surface area contributed by atoms with Crippen LogP contribution in [0.1, 0.15) is 386 Å². The summed E-state index contributed by atoms with van der Waals surface area (Å²) in [6.07, 6.45) is 85.5. The van der Waals surface area contributed by atoms with E-state index in [0.717, 1.165) is 44.9 Å². The summed E-state index contributed by atoms with van der Waals surface area (Å²) in [5.74, 6) is -0.183. The number of unbranched alkanes of at least 4 members (excludes halogenated alkanes) is 52. The van der Waals surface area contributed by atoms with E-state index in [1.807, 2.05) is 6.08 Å². The lowest BCUT2D eigenvalue weighted by Crippen LogP contribution is -2.60. The van der Waals surface area contributed by atoms with Crippen molar-refractivity contribution in [2.75, 3.05) is 13.2 Å². The Morgan fingerprint density at radius 2 is 0.655 bits per heavy atom. The van der Waals surface area contributed by atoms with Crippen molar-refractivity contribution < 1.29 is 39.8 Å². The van der Waals surface area contributed by atoms with E-state index in [1.54, 1.807) is 6.08 Å². The van der Waals surface area contributed by atoms with Crippen LogP contribution in [0, 0.1) is 0 Å². The van der Waals surface area contributed by atoms with Crippen molar-refractivity contribution in [3.05, 3.63) is 48.6 Å². The van der Waals surface area contributed by atoms with Gasteiger partial charge in [-0.05, 0) is 70.6 Å². The van der Waals surface area contributed by atoms with Gasteiger partial charge in [-0.25, -0.2) is 0 Å². The van der Waals surface area contributed by atoms with Crippen molar-refractivity contribution in [1.29, 1.82) is 0 Å². The molecule has 7 atom stereocenters. The highest BCUT2D eigenvalue weighted by atomic mass is 16.7. The van der Waals surface area contributed by atoms with Gasteiger partial charge in [-0.3, -0.25) is 4.79 Å². The van der Waals surface area contributed by atoms with Crippen molar-refractivity contribution in [2.45, 2.75) is 429 Å². The minimum atomic E-state index is -1.58. The third-order valence-electron chi connectivity index (χ3n) is 18.4. The smallest absolute Gasteiger partial charge is 0.220 e. The predicted molar refractivity (Wildman–Crippen MR) is 373 cm³/mol. The van der Waals surface area contributed by atoms with Crippen molar-refractivity contribution in [2.24, 2.45) is 0 Å². The van der Waals surface area contributed by atoms with Crippen molar-refractivity contribution in [3.8, 4) is 0 Å². The third kappa shape index (κ3) is 55.5. The monoisotopic (exact) mass is 1230 g/mol. The highest BCUT2D eigenvalue weighted by Gasteiger charge is 2.44. The topological polar surface area (TPSA) is 149 Å². The summed E-state index contributed by atoms with van der Waals surface area (Å²) < 4.78 is 11.3. The Morgan fingerprint density at radius 1 is 0.379 bits per heavy atom. The normalized spacial score (nSPS) is 18.2. The van der Waals surface area contributed by atoms with E-state index in [2.05, 4.69) is 55.6 Å². The van der Waals surface area contributed by atoms with E-state index in [4.69, 9.17) is 9.47 Å². The van der Waals surface area contributed by atoms with Crippen LogP contribution < -0.4 is 5.32 Å². The molecule has 9 nitrogen and oxygen atoms in total. The van der Waals surface area contributed by atoms with Gasteiger partial charge in [-0.2, -0.15) is 0 Å². The first-order chi connectivity index (χ1) is 42.8. The third-order valence-corrected chi connectivity index (χ3v) is 18.4. The summed E-state index contributed by atoms with van der Waals surface area (Å²) >= 11 is 0. The van der Waals surface area contributed by atoms with Crippen LogP contribution in [-0.2, 0) is 14.3 Å². The molecule has 1 rings (SSSR count). The largest absolute Gasteiger partial charge is 0.394 e. The molecular formula is C78H147NO8. The molecule has 9 heteroatoms. The fourth-order valence-corrected chi connectivity index (χ4v) is 12.4. The van der Waals surface area contributed by atoms with E-state index < -0.39 is 49.5 Å². The zero-order valence-corrected chi connectivity index (χ0v) is 57.5. The minimum Gasteiger partial charge on any atom is -0.394 e. The van der Waals surface area contributed by atoms with Crippen LogP contribution in [-0.4, -0.2) is 87.5 Å². The number of allylic oxidation sites excluding steroid dienone is 7. The Labute approximate surface area is 539 Å². The lowest BCUT2D eigenvalue weighted by molar-refractivity contribution is -0.302. The molecule has 1 aliphatic rings. The number of rotatable bonds is 68. The van der Waals surface area contributed by atoms with E-state index in [1.165, 1.54) is 321 Å². The van der Waals surface area contributed by atoms with Crippen LogP contribution in [0.15, 0.2) is 48.6 Å². The van der Waals surface area contributed by atoms with Crippen molar-refractivity contribution >= 4 is 5.91 Å². The summed E-state index contributed by atoms with van der Waals surface area (Å²) in [4.78, 5) is 13.1. The second-order valence-corrected chi connectivity index (χ2v) is 26.8. The van der Waals surface area contributed by atoms with Gasteiger partial charge < -0.3 is 40.3 Å². The molecule has 87 heavy (non-hydrogen) atoms. The molecule has 1 amide bonds. The Balaban J connectivity index is 2.07. The standard InChI is InChI=1S/C78H147NO8/c1-3-5-7-9-11-13-15-17-19-21-23-25-27-29-30-31-32-33-34-35-36-37-38-39-40-41-42-44-46-48-50-52-54-56-58-60-62-64-66-68-74(82)79-71(70-86-78-77(85)76(84)75(83)73(69-80)87-78)72(81)67-65-63-61-59-57-55-53-51-49-47-45-43-28-26-24-22-20-18-16-14-12-10-8-6-4-2/h21,23,49,51,57,59,65,67,71-73,75-78,80-81,83-85H,3-20,22,24-48,50,52-56,58,60-64,66,68-70H2,1-2H3,(H,79,82)/b23-21-,51-49+,59-57+,67-65+. The molecular weight excluding hydrogens is 1080 g/mol. The number of hydrogen-bond acceptors (Lipinski definition) is 8. The lowest BCUT2D eigenvalue weighted by atomic mass is 9.99. The Hall–Kier alpha value is -1.85. The van der Waals surface area contributed by atoms with Crippen molar-refractivity contribution in [1.82, 2.24) is 5.32 Å². The quantitative estimate of drug-likeness (QED) is 0.0261. The Bertz CT molecular complexity index is 1520. The second kappa shape index (κ2) is 67.1. The Morgan fingerprint density at radius 3 is 0.966 bits per heavy atom. The molecule has 1 saturated heterocycles. The molecule has 512 valence electrons. The maximum atomic E-state index is 13.1. The molecule has 0 bridgehead atoms. The zero-order chi connectivity index (χ0) is 62.8. The lowest BCUT2D eigenvalue weighted by Gasteiger charge is -2.40. The van der Waals surface area contributed by atoms with Gasteiger partial charge in [0.2, 0.25) is 5.91 Å². The number of carbonyl (C=O) groups is 1. The van der Waals surface area contributed by atoms with Gasteiger partial charge in [0, 0.05) is 6.42 Å². The van der Waals surface area contributed by atoms with Gasteiger partial charge >= 0.3 is 0 Å². The van der Waals surface area contributed by atoms with E-state index >= 15 is 0 Å². The van der Waals surface area contributed by atoms with Crippen molar-refractivity contribution in [3.63, 3.8) is 0 Å². The molecule has 6 N–H and O–H groups in total. The highest BCUT2D eigenvalue weighted by Crippen LogP contribution is 2.24. The number of amides is 1. The molecule has 0 saturated carbocycles. The summed E-state index contributed by atoms with van der Waals surface area (Å²) in [5.41, 5.74) is 0. The number of hydrogen-bond donors (Lipinski definition) is 6. The highest BCUT2D eigenvalue weighted by molar-refractivity contribution is 5.76. The second-order valence-electron chi connectivity index (χ2n) is 26.8. The van der Waals surface area contributed by atoms with Gasteiger partial charge in [0.25, 0.3) is 0 Å². The Kier molecular flexibility index (Phi) is 64.1. The zero-order valence-electron chi connectivity index (χ0n) is 57.5. The number of nitrogens with one attached hydrogen (secondary N) is 1. The number of carbonyl (C=O) groups excluding carboxylic acids is 1. The molecule has 1 fully saturated rings. The molecule has 0 aromatic rings. The predicted octanol–water partition coefficient (Wildman–Crippen LogP) is 21.5. The number of ether oxygens (including phenoxy) is 2. The molecule has 0 spiro atoms. The minimum absolute atomic E-state index is 0.183. The summed E-state index contributed by atoms with van der Waals surface area (Å²) in [5, 5.41) is 54.8. The first-order valence-corrected chi connectivity index (χ1v) is 38.4. The van der Waals surface area contributed by atoms with Gasteiger partial charge in [0.15, 0.2) is 6.29 Å². The van der Waals surface area contributed by atoms with E-state index in [-0.39, 0.29) is 12.5 Å². The van der Waals surface area contributed by atoms with Gasteiger partial charge in [0.1, 0.15) is 24.4 Å². The first-order valence-electron chi connectivity index (χ1n) is 38.4. The van der Waals surface area contributed by atoms with Crippen LogP contribution >= 0.6 is 0 Å². The average Bonchev–Trinajstić information content (AvgIpc) is 3.38. The SMILES string of the molecule is CCCCCCCCCC/C=C\CCCCCCCCCCCCCCCCCCCCCCCCCCCCCC(=O)NC(COC1OC(CO)C(O)C(O)C1O)C(O)/C=C/CC/C=C/CC/C=C/CCCCCCCCCCCCCCCCC. The molecule has 0 radical (unpaired) electrons. The van der Waals surface area contributed by atoms with E-state index in [9.17, 15) is 30.3 Å². The van der Waals surface area contributed by atoms with E-state index in [0.29, 0.717) is 6.42 Å². The molecule has 7 unspecified atom stereocenters. The number of aliphatic hydroxyl groups excluding tert-OH is 5. The molecule has 0 aromatic carbocycles. The van der Waals surface area contributed by atoms with Crippen LogP contribution in [0.5, 0.6) is 0 Å². The average molecular weight is 1230 g/mol.